The van der Waals surface area contributed by atoms with E-state index in [-0.39, 0.29) is 0 Å². The van der Waals surface area contributed by atoms with Crippen LogP contribution >= 0.6 is 11.3 Å². The van der Waals surface area contributed by atoms with Crippen LogP contribution in [0.15, 0.2) is 0 Å². The second-order valence-electron chi connectivity index (χ2n) is 4.08. The molecule has 14 heavy (non-hydrogen) atoms. The van der Waals surface area contributed by atoms with Crippen molar-refractivity contribution in [2.75, 3.05) is 13.1 Å². The van der Waals surface area contributed by atoms with Crippen LogP contribution in [0.3, 0.4) is 0 Å². The van der Waals surface area contributed by atoms with E-state index in [4.69, 9.17) is 0 Å². The lowest BCUT2D eigenvalue weighted by Crippen LogP contribution is -2.28. The topological polar surface area (TPSA) is 16.1 Å². The molecule has 1 saturated heterocycles. The van der Waals surface area contributed by atoms with Gasteiger partial charge in [0, 0.05) is 11.4 Å². The fraction of sp³-hybridized carbons (Fsp3) is 0.727. The molecule has 0 saturated carbocycles. The van der Waals surface area contributed by atoms with E-state index in [1.807, 2.05) is 11.3 Å². The molecular formula is C11H18N2S. The van der Waals surface area contributed by atoms with E-state index in [2.05, 4.69) is 23.7 Å². The Kier molecular flexibility index (Phi) is 3.19. The second-order valence-corrected chi connectivity index (χ2v) is 5.37. The molecule has 0 spiro atoms. The van der Waals surface area contributed by atoms with Gasteiger partial charge in [-0.1, -0.05) is 6.42 Å². The van der Waals surface area contributed by atoms with Crippen LogP contribution in [0.4, 0.5) is 0 Å². The van der Waals surface area contributed by atoms with Crippen molar-refractivity contribution >= 4 is 11.3 Å². The molecule has 0 aliphatic carbocycles. The number of piperidine rings is 1. The predicted octanol–water partition coefficient (Wildman–Crippen LogP) is 2.75. The Morgan fingerprint density at radius 2 is 1.93 bits per heavy atom. The van der Waals surface area contributed by atoms with E-state index in [1.54, 1.807) is 0 Å². The summed E-state index contributed by atoms with van der Waals surface area (Å²) in [5.41, 5.74) is 1.23. The summed E-state index contributed by atoms with van der Waals surface area (Å²) >= 11 is 1.86. The molecule has 0 bridgehead atoms. The number of hydrogen-bond donors (Lipinski definition) is 0. The molecule has 0 amide bonds. The summed E-state index contributed by atoms with van der Waals surface area (Å²) in [6.07, 6.45) is 4.16. The molecular weight excluding hydrogens is 192 g/mol. The predicted molar refractivity (Wildman–Crippen MR) is 60.7 cm³/mol. The van der Waals surface area contributed by atoms with Crippen molar-refractivity contribution in [1.82, 2.24) is 9.88 Å². The lowest BCUT2D eigenvalue weighted by molar-refractivity contribution is 0.222. The van der Waals surface area contributed by atoms with Crippen LogP contribution in [-0.4, -0.2) is 23.0 Å². The van der Waals surface area contributed by atoms with Gasteiger partial charge >= 0.3 is 0 Å². The molecule has 1 aliphatic rings. The van der Waals surface area contributed by atoms with Crippen molar-refractivity contribution in [2.45, 2.75) is 39.7 Å². The molecule has 0 atom stereocenters. The van der Waals surface area contributed by atoms with Gasteiger partial charge in [0.1, 0.15) is 0 Å². The van der Waals surface area contributed by atoms with Crippen LogP contribution < -0.4 is 0 Å². The molecule has 1 aliphatic heterocycles. The SMILES string of the molecule is Cc1nc(C)c(CN2CCCCC2)s1. The maximum absolute atomic E-state index is 4.47. The van der Waals surface area contributed by atoms with Crippen LogP contribution in [0, 0.1) is 13.8 Å². The number of nitrogens with zero attached hydrogens (tertiary/aromatic N) is 2. The fourth-order valence-electron chi connectivity index (χ4n) is 2.04. The zero-order chi connectivity index (χ0) is 9.97. The third-order valence-electron chi connectivity index (χ3n) is 2.82. The van der Waals surface area contributed by atoms with Gasteiger partial charge in [-0.05, 0) is 39.8 Å². The molecule has 0 radical (unpaired) electrons. The second kappa shape index (κ2) is 4.41. The summed E-state index contributed by atoms with van der Waals surface area (Å²) in [5, 5.41) is 1.20. The monoisotopic (exact) mass is 210 g/mol. The zero-order valence-electron chi connectivity index (χ0n) is 9.05. The Morgan fingerprint density at radius 1 is 1.21 bits per heavy atom. The van der Waals surface area contributed by atoms with Gasteiger partial charge in [0.25, 0.3) is 0 Å². The number of aromatic nitrogens is 1. The van der Waals surface area contributed by atoms with Crippen LogP contribution in [-0.2, 0) is 6.54 Å². The average molecular weight is 210 g/mol. The normalized spacial score (nSPS) is 18.7. The first kappa shape index (κ1) is 10.1. The molecule has 2 nitrogen and oxygen atoms in total. The Hall–Kier alpha value is -0.410. The molecule has 3 heteroatoms. The van der Waals surface area contributed by atoms with E-state index in [1.165, 1.54) is 47.9 Å². The number of thiazole rings is 1. The lowest BCUT2D eigenvalue weighted by Gasteiger charge is -2.25. The maximum atomic E-state index is 4.47. The minimum atomic E-state index is 1.12. The van der Waals surface area contributed by atoms with Gasteiger partial charge in [0.15, 0.2) is 0 Å². The molecule has 0 unspecified atom stereocenters. The number of hydrogen-bond acceptors (Lipinski definition) is 3. The maximum Gasteiger partial charge on any atom is 0.0900 e. The highest BCUT2D eigenvalue weighted by atomic mass is 32.1. The molecule has 0 N–H and O–H groups in total. The van der Waals surface area contributed by atoms with Crippen molar-refractivity contribution in [2.24, 2.45) is 0 Å². The highest BCUT2D eigenvalue weighted by molar-refractivity contribution is 7.11. The van der Waals surface area contributed by atoms with Gasteiger partial charge in [0.2, 0.25) is 0 Å². The summed E-state index contributed by atoms with van der Waals surface area (Å²) < 4.78 is 0. The van der Waals surface area contributed by atoms with Crippen molar-refractivity contribution in [1.29, 1.82) is 0 Å². The first-order valence-corrected chi connectivity index (χ1v) is 6.22. The summed E-state index contributed by atoms with van der Waals surface area (Å²) in [4.78, 5) is 8.49. The Morgan fingerprint density at radius 3 is 2.50 bits per heavy atom. The van der Waals surface area contributed by atoms with Gasteiger partial charge in [-0.3, -0.25) is 4.90 Å². The standard InChI is InChI=1S/C11H18N2S/c1-9-11(14-10(2)12-9)8-13-6-4-3-5-7-13/h3-8H2,1-2H3. The first-order chi connectivity index (χ1) is 6.75. The van der Waals surface area contributed by atoms with E-state index in [0.29, 0.717) is 0 Å². The third-order valence-corrected chi connectivity index (χ3v) is 3.87. The quantitative estimate of drug-likeness (QED) is 0.746. The fourth-order valence-corrected chi connectivity index (χ4v) is 3.02. The van der Waals surface area contributed by atoms with Crippen molar-refractivity contribution in [3.05, 3.63) is 15.6 Å². The summed E-state index contributed by atoms with van der Waals surface area (Å²) in [7, 11) is 0. The van der Waals surface area contributed by atoms with Crippen molar-refractivity contribution < 1.29 is 0 Å². The summed E-state index contributed by atoms with van der Waals surface area (Å²) in [5.74, 6) is 0. The van der Waals surface area contributed by atoms with Crippen molar-refractivity contribution in [3.8, 4) is 0 Å². The van der Waals surface area contributed by atoms with Gasteiger partial charge in [-0.15, -0.1) is 11.3 Å². The smallest absolute Gasteiger partial charge is 0.0900 e. The van der Waals surface area contributed by atoms with Crippen LogP contribution in [0.2, 0.25) is 0 Å². The highest BCUT2D eigenvalue weighted by Crippen LogP contribution is 2.21. The van der Waals surface area contributed by atoms with E-state index in [9.17, 15) is 0 Å². The minimum Gasteiger partial charge on any atom is -0.298 e. The Labute approximate surface area is 90.0 Å². The van der Waals surface area contributed by atoms with Gasteiger partial charge < -0.3 is 0 Å². The largest absolute Gasteiger partial charge is 0.298 e. The molecule has 78 valence electrons. The van der Waals surface area contributed by atoms with Gasteiger partial charge in [-0.25, -0.2) is 4.98 Å². The number of aryl methyl sites for hydroxylation is 2. The first-order valence-electron chi connectivity index (χ1n) is 5.41. The molecule has 0 aromatic carbocycles. The number of likely N-dealkylation sites (tertiary alicyclic amines) is 1. The van der Waals surface area contributed by atoms with Crippen LogP contribution in [0.1, 0.15) is 34.8 Å². The molecule has 1 aromatic heterocycles. The molecule has 2 rings (SSSR count). The van der Waals surface area contributed by atoms with E-state index < -0.39 is 0 Å². The average Bonchev–Trinajstić information content (AvgIpc) is 2.47. The summed E-state index contributed by atoms with van der Waals surface area (Å²) in [6.45, 7) is 7.89. The Bertz CT molecular complexity index is 300. The molecule has 1 aromatic rings. The lowest BCUT2D eigenvalue weighted by atomic mass is 10.1. The summed E-state index contributed by atoms with van der Waals surface area (Å²) in [6, 6.07) is 0. The third kappa shape index (κ3) is 2.34. The molecule has 2 heterocycles. The van der Waals surface area contributed by atoms with E-state index in [0.717, 1.165) is 6.54 Å². The number of rotatable bonds is 2. The van der Waals surface area contributed by atoms with Crippen LogP contribution in [0.5, 0.6) is 0 Å². The minimum absolute atomic E-state index is 1.12. The highest BCUT2D eigenvalue weighted by Gasteiger charge is 2.13. The zero-order valence-corrected chi connectivity index (χ0v) is 9.86. The van der Waals surface area contributed by atoms with Gasteiger partial charge in [-0.2, -0.15) is 0 Å². The Balaban J connectivity index is 1.98. The van der Waals surface area contributed by atoms with Crippen molar-refractivity contribution in [3.63, 3.8) is 0 Å². The van der Waals surface area contributed by atoms with Crippen LogP contribution in [0.25, 0.3) is 0 Å². The molecule has 1 fully saturated rings. The van der Waals surface area contributed by atoms with Gasteiger partial charge in [0.05, 0.1) is 10.7 Å². The van der Waals surface area contributed by atoms with E-state index >= 15 is 0 Å².